The topological polar surface area (TPSA) is 35.8 Å². The lowest BCUT2D eigenvalue weighted by Crippen LogP contribution is -2.13. The lowest BCUT2D eigenvalue weighted by atomic mass is 10.2. The Morgan fingerprint density at radius 2 is 2.31 bits per heavy atom. The Hall–Kier alpha value is -1.11. The first kappa shape index (κ1) is 9.97. The van der Waals surface area contributed by atoms with E-state index in [0.717, 1.165) is 0 Å². The second-order valence-electron chi connectivity index (χ2n) is 2.50. The summed E-state index contributed by atoms with van der Waals surface area (Å²) in [6.07, 6.45) is 0. The Kier molecular flexibility index (Phi) is 3.69. The molecule has 0 aliphatic rings. The molecule has 1 N–H and O–H groups in total. The second kappa shape index (κ2) is 4.80. The van der Waals surface area contributed by atoms with E-state index in [2.05, 4.69) is 5.32 Å². The minimum atomic E-state index is -0.310. The highest BCUT2D eigenvalue weighted by atomic mass is 35.5. The van der Waals surface area contributed by atoms with Gasteiger partial charge in [0.05, 0.1) is 12.6 Å². The van der Waals surface area contributed by atoms with Crippen molar-refractivity contribution in [1.82, 2.24) is 5.32 Å². The number of nitrogens with zero attached hydrogens (tertiary/aromatic N) is 1. The van der Waals surface area contributed by atoms with E-state index in [0.29, 0.717) is 17.1 Å². The van der Waals surface area contributed by atoms with Gasteiger partial charge in [-0.25, -0.2) is 4.39 Å². The zero-order valence-corrected chi connectivity index (χ0v) is 7.61. The van der Waals surface area contributed by atoms with Crippen LogP contribution in [0.15, 0.2) is 18.2 Å². The summed E-state index contributed by atoms with van der Waals surface area (Å²) in [6, 6.07) is 6.25. The molecule has 0 aromatic heterocycles. The maximum atomic E-state index is 13.0. The standard InChI is InChI=1S/C9H8ClFN2/c10-8-1-2-9(11)7(5-8)6-13-4-3-12/h1-2,5,13H,4,6H2. The van der Waals surface area contributed by atoms with Crippen LogP contribution >= 0.6 is 11.6 Å². The molecule has 0 heterocycles. The summed E-state index contributed by atoms with van der Waals surface area (Å²) in [7, 11) is 0. The Labute approximate surface area is 80.9 Å². The molecule has 1 aromatic rings. The molecule has 2 nitrogen and oxygen atoms in total. The van der Waals surface area contributed by atoms with Gasteiger partial charge in [-0.05, 0) is 18.2 Å². The molecule has 0 radical (unpaired) electrons. The monoisotopic (exact) mass is 198 g/mol. The average Bonchev–Trinajstić information content (AvgIpc) is 2.11. The van der Waals surface area contributed by atoms with Gasteiger partial charge in [-0.1, -0.05) is 11.6 Å². The summed E-state index contributed by atoms with van der Waals surface area (Å²) in [4.78, 5) is 0. The van der Waals surface area contributed by atoms with Gasteiger partial charge in [-0.3, -0.25) is 0 Å². The first-order valence-corrected chi connectivity index (χ1v) is 4.13. The molecule has 0 saturated heterocycles. The van der Waals surface area contributed by atoms with Crippen molar-refractivity contribution in [3.63, 3.8) is 0 Å². The van der Waals surface area contributed by atoms with Crippen molar-refractivity contribution < 1.29 is 4.39 Å². The Morgan fingerprint density at radius 3 is 3.00 bits per heavy atom. The molecule has 13 heavy (non-hydrogen) atoms. The van der Waals surface area contributed by atoms with Crippen molar-refractivity contribution in [2.75, 3.05) is 6.54 Å². The molecule has 4 heteroatoms. The van der Waals surface area contributed by atoms with Gasteiger partial charge < -0.3 is 5.32 Å². The van der Waals surface area contributed by atoms with Gasteiger partial charge in [-0.2, -0.15) is 5.26 Å². The number of hydrogen-bond donors (Lipinski definition) is 1. The average molecular weight is 199 g/mol. The van der Waals surface area contributed by atoms with Crippen molar-refractivity contribution >= 4 is 11.6 Å². The van der Waals surface area contributed by atoms with Gasteiger partial charge in [0, 0.05) is 17.1 Å². The van der Waals surface area contributed by atoms with Gasteiger partial charge in [0.1, 0.15) is 5.82 Å². The van der Waals surface area contributed by atoms with E-state index < -0.39 is 0 Å². The molecule has 0 spiro atoms. The lowest BCUT2D eigenvalue weighted by molar-refractivity contribution is 0.597. The molecule has 1 aromatic carbocycles. The molecule has 0 aliphatic carbocycles. The van der Waals surface area contributed by atoms with Crippen molar-refractivity contribution in [2.24, 2.45) is 0 Å². The molecule has 0 atom stereocenters. The Bertz CT molecular complexity index is 333. The minimum Gasteiger partial charge on any atom is -0.300 e. The van der Waals surface area contributed by atoms with Crippen LogP contribution < -0.4 is 5.32 Å². The summed E-state index contributed by atoms with van der Waals surface area (Å²) in [6.45, 7) is 0.520. The SMILES string of the molecule is N#CCNCc1cc(Cl)ccc1F. The van der Waals surface area contributed by atoms with E-state index >= 15 is 0 Å². The normalized spacial score (nSPS) is 9.62. The number of rotatable bonds is 3. The molecular formula is C9H8ClFN2. The predicted octanol–water partition coefficient (Wildman–Crippen LogP) is 2.09. The zero-order chi connectivity index (χ0) is 9.68. The van der Waals surface area contributed by atoms with E-state index in [1.165, 1.54) is 12.1 Å². The summed E-state index contributed by atoms with van der Waals surface area (Å²) >= 11 is 5.67. The summed E-state index contributed by atoms with van der Waals surface area (Å²) < 4.78 is 13.0. The number of nitriles is 1. The summed E-state index contributed by atoms with van der Waals surface area (Å²) in [5.41, 5.74) is 0.475. The quantitative estimate of drug-likeness (QED) is 0.597. The number of halogens is 2. The van der Waals surface area contributed by atoms with E-state index in [4.69, 9.17) is 16.9 Å². The molecule has 0 fully saturated rings. The van der Waals surface area contributed by atoms with Gasteiger partial charge in [0.15, 0.2) is 0 Å². The molecule has 0 saturated carbocycles. The van der Waals surface area contributed by atoms with Crippen molar-refractivity contribution in [1.29, 1.82) is 5.26 Å². The summed E-state index contributed by atoms with van der Waals surface area (Å²) in [5, 5.41) is 11.5. The van der Waals surface area contributed by atoms with Crippen molar-refractivity contribution in [3.8, 4) is 6.07 Å². The van der Waals surface area contributed by atoms with Crippen molar-refractivity contribution in [2.45, 2.75) is 6.54 Å². The van der Waals surface area contributed by atoms with E-state index in [9.17, 15) is 4.39 Å². The highest BCUT2D eigenvalue weighted by molar-refractivity contribution is 6.30. The number of hydrogen-bond acceptors (Lipinski definition) is 2. The van der Waals surface area contributed by atoms with Crippen LogP contribution in [0.5, 0.6) is 0 Å². The second-order valence-corrected chi connectivity index (χ2v) is 2.93. The molecule has 1 rings (SSSR count). The van der Waals surface area contributed by atoms with Crippen molar-refractivity contribution in [3.05, 3.63) is 34.6 Å². The van der Waals surface area contributed by atoms with Crippen LogP contribution in [0.3, 0.4) is 0 Å². The van der Waals surface area contributed by atoms with E-state index in [1.54, 1.807) is 6.07 Å². The first-order valence-electron chi connectivity index (χ1n) is 3.75. The number of benzene rings is 1. The maximum Gasteiger partial charge on any atom is 0.127 e. The highest BCUT2D eigenvalue weighted by Crippen LogP contribution is 2.14. The summed E-state index contributed by atoms with van der Waals surface area (Å²) in [5.74, 6) is -0.310. The third kappa shape index (κ3) is 3.02. The van der Waals surface area contributed by atoms with Gasteiger partial charge in [0.2, 0.25) is 0 Å². The fraction of sp³-hybridized carbons (Fsp3) is 0.222. The third-order valence-corrected chi connectivity index (χ3v) is 1.76. The Morgan fingerprint density at radius 1 is 1.54 bits per heavy atom. The van der Waals surface area contributed by atoms with Crippen LogP contribution in [-0.4, -0.2) is 6.54 Å². The molecule has 0 amide bonds. The fourth-order valence-corrected chi connectivity index (χ4v) is 1.13. The van der Waals surface area contributed by atoms with Crippen LogP contribution in [-0.2, 0) is 6.54 Å². The molecule has 0 aliphatic heterocycles. The zero-order valence-electron chi connectivity index (χ0n) is 6.85. The predicted molar refractivity (Wildman–Crippen MR) is 48.7 cm³/mol. The molecular weight excluding hydrogens is 191 g/mol. The van der Waals surface area contributed by atoms with Gasteiger partial charge in [-0.15, -0.1) is 0 Å². The van der Waals surface area contributed by atoms with Crippen LogP contribution in [0, 0.1) is 17.1 Å². The highest BCUT2D eigenvalue weighted by Gasteiger charge is 2.01. The fourth-order valence-electron chi connectivity index (χ4n) is 0.932. The van der Waals surface area contributed by atoms with E-state index in [-0.39, 0.29) is 12.4 Å². The van der Waals surface area contributed by atoms with Gasteiger partial charge in [0.25, 0.3) is 0 Å². The maximum absolute atomic E-state index is 13.0. The van der Waals surface area contributed by atoms with Crippen LogP contribution in [0.4, 0.5) is 4.39 Å². The van der Waals surface area contributed by atoms with Crippen LogP contribution in [0.1, 0.15) is 5.56 Å². The van der Waals surface area contributed by atoms with Crippen LogP contribution in [0.2, 0.25) is 5.02 Å². The smallest absolute Gasteiger partial charge is 0.127 e. The molecule has 68 valence electrons. The molecule has 0 bridgehead atoms. The van der Waals surface area contributed by atoms with Crippen LogP contribution in [0.25, 0.3) is 0 Å². The largest absolute Gasteiger partial charge is 0.300 e. The minimum absolute atomic E-state index is 0.200. The first-order chi connectivity index (χ1) is 6.24. The third-order valence-electron chi connectivity index (χ3n) is 1.53. The Balaban J connectivity index is 2.65. The number of nitrogens with one attached hydrogen (secondary N) is 1. The van der Waals surface area contributed by atoms with E-state index in [1.807, 2.05) is 6.07 Å². The lowest BCUT2D eigenvalue weighted by Gasteiger charge is -2.02. The molecule has 0 unspecified atom stereocenters. The van der Waals surface area contributed by atoms with Gasteiger partial charge >= 0.3 is 0 Å².